The van der Waals surface area contributed by atoms with Crippen LogP contribution in [0.3, 0.4) is 0 Å². The van der Waals surface area contributed by atoms with Crippen LogP contribution in [0.4, 0.5) is 0 Å². The van der Waals surface area contributed by atoms with Gasteiger partial charge in [-0.3, -0.25) is 0 Å². The molecule has 3 nitrogen and oxygen atoms in total. The molecular formula is C7H12O3. The summed E-state index contributed by atoms with van der Waals surface area (Å²) in [5.74, 6) is 0. The van der Waals surface area contributed by atoms with E-state index in [0.29, 0.717) is 19.8 Å². The summed E-state index contributed by atoms with van der Waals surface area (Å²) in [7, 11) is 0. The largest absolute Gasteiger partial charge is 0.375 e. The molecule has 0 aromatic rings. The molecule has 0 heterocycles. The quantitative estimate of drug-likeness (QED) is 0.177. The van der Waals surface area contributed by atoms with E-state index in [9.17, 15) is 0 Å². The zero-order valence-corrected chi connectivity index (χ0v) is 5.91. The highest BCUT2D eigenvalue weighted by Crippen LogP contribution is 1.80. The summed E-state index contributed by atoms with van der Waals surface area (Å²) in [6.45, 7) is 8.21. The summed E-state index contributed by atoms with van der Waals surface area (Å²) in [6.07, 6.45) is 2.89. The molecule has 0 aromatic heterocycles. The van der Waals surface area contributed by atoms with Crippen molar-refractivity contribution < 1.29 is 14.5 Å². The molecule has 0 aromatic carbocycles. The normalized spacial score (nSPS) is 8.80. The van der Waals surface area contributed by atoms with Gasteiger partial charge in [-0.25, -0.2) is 0 Å². The lowest BCUT2D eigenvalue weighted by atomic mass is 10.7. The lowest BCUT2D eigenvalue weighted by Crippen LogP contribution is -2.02. The molecule has 0 saturated heterocycles. The molecule has 0 saturated carbocycles. The van der Waals surface area contributed by atoms with Crippen LogP contribution in [-0.2, 0) is 14.5 Å². The van der Waals surface area contributed by atoms with Crippen molar-refractivity contribution in [3.8, 4) is 0 Å². The molecule has 0 bridgehead atoms. The molecule has 58 valence electrons. The van der Waals surface area contributed by atoms with E-state index >= 15 is 0 Å². The number of hydrogen-bond acceptors (Lipinski definition) is 3. The van der Waals surface area contributed by atoms with E-state index in [1.807, 2.05) is 0 Å². The smallest absolute Gasteiger partial charge is 0.122 e. The summed E-state index contributed by atoms with van der Waals surface area (Å²) in [4.78, 5) is 8.92. The van der Waals surface area contributed by atoms with Gasteiger partial charge in [0.2, 0.25) is 0 Å². The van der Waals surface area contributed by atoms with Crippen LogP contribution in [0.25, 0.3) is 0 Å². The third-order valence-electron chi connectivity index (χ3n) is 0.683. The van der Waals surface area contributed by atoms with Crippen molar-refractivity contribution in [3.63, 3.8) is 0 Å². The molecule has 0 N–H and O–H groups in total. The molecule has 0 fully saturated rings. The Morgan fingerprint density at radius 3 is 2.60 bits per heavy atom. The molecule has 0 rings (SSSR count). The van der Waals surface area contributed by atoms with Crippen molar-refractivity contribution in [2.24, 2.45) is 0 Å². The number of rotatable bonds is 7. The van der Waals surface area contributed by atoms with Crippen molar-refractivity contribution in [3.05, 3.63) is 25.5 Å². The van der Waals surface area contributed by atoms with Gasteiger partial charge in [-0.15, -0.1) is 6.58 Å². The summed E-state index contributed by atoms with van der Waals surface area (Å²) in [5.41, 5.74) is 0. The molecule has 0 amide bonds. The fraction of sp³-hybridized carbons (Fsp3) is 0.429. The van der Waals surface area contributed by atoms with Gasteiger partial charge in [0.15, 0.2) is 0 Å². The third kappa shape index (κ3) is 7.20. The van der Waals surface area contributed by atoms with Gasteiger partial charge in [0, 0.05) is 0 Å². The van der Waals surface area contributed by atoms with Gasteiger partial charge in [0.05, 0.1) is 13.2 Å². The molecule has 0 spiro atoms. The van der Waals surface area contributed by atoms with Crippen LogP contribution >= 0.6 is 0 Å². The first-order valence-electron chi connectivity index (χ1n) is 2.99. The average Bonchev–Trinajstić information content (AvgIpc) is 1.97. The van der Waals surface area contributed by atoms with Gasteiger partial charge in [0.1, 0.15) is 12.9 Å². The maximum absolute atomic E-state index is 4.97. The Morgan fingerprint density at radius 1 is 1.20 bits per heavy atom. The molecule has 0 aliphatic heterocycles. The van der Waals surface area contributed by atoms with E-state index in [1.54, 1.807) is 6.08 Å². The maximum Gasteiger partial charge on any atom is 0.122 e. The van der Waals surface area contributed by atoms with Crippen molar-refractivity contribution >= 4 is 0 Å². The fourth-order valence-corrected chi connectivity index (χ4v) is 0.356. The van der Waals surface area contributed by atoms with E-state index in [1.165, 1.54) is 6.26 Å². The van der Waals surface area contributed by atoms with Gasteiger partial charge in [0.25, 0.3) is 0 Å². The van der Waals surface area contributed by atoms with E-state index in [0.717, 1.165) is 0 Å². The zero-order chi connectivity index (χ0) is 7.66. The number of hydrogen-bond donors (Lipinski definition) is 0. The van der Waals surface area contributed by atoms with Crippen LogP contribution < -0.4 is 0 Å². The summed E-state index contributed by atoms with van der Waals surface area (Å²) >= 11 is 0. The predicted molar refractivity (Wildman–Crippen MR) is 38.3 cm³/mol. The lowest BCUT2D eigenvalue weighted by molar-refractivity contribution is -0.254. The van der Waals surface area contributed by atoms with Crippen molar-refractivity contribution in [2.75, 3.05) is 19.8 Å². The van der Waals surface area contributed by atoms with Gasteiger partial charge in [-0.05, 0) is 0 Å². The summed E-state index contributed by atoms with van der Waals surface area (Å²) in [6, 6.07) is 0. The van der Waals surface area contributed by atoms with Crippen molar-refractivity contribution in [1.82, 2.24) is 0 Å². The Hall–Kier alpha value is -0.800. The van der Waals surface area contributed by atoms with E-state index in [-0.39, 0.29) is 0 Å². The lowest BCUT2D eigenvalue weighted by Gasteiger charge is -1.99. The van der Waals surface area contributed by atoms with Gasteiger partial charge < -0.3 is 9.62 Å². The Bertz CT molecular complexity index is 78.9. The Morgan fingerprint density at radius 2 is 2.00 bits per heavy atom. The van der Waals surface area contributed by atoms with E-state index < -0.39 is 0 Å². The minimum atomic E-state index is 0.403. The second kappa shape index (κ2) is 8.20. The molecule has 3 heteroatoms. The van der Waals surface area contributed by atoms with Gasteiger partial charge >= 0.3 is 0 Å². The molecular weight excluding hydrogens is 132 g/mol. The third-order valence-corrected chi connectivity index (χ3v) is 0.683. The highest BCUT2D eigenvalue weighted by Gasteiger charge is 1.84. The first-order valence-corrected chi connectivity index (χ1v) is 2.99. The minimum absolute atomic E-state index is 0.403. The van der Waals surface area contributed by atoms with Crippen LogP contribution in [0, 0.1) is 0 Å². The highest BCUT2D eigenvalue weighted by atomic mass is 17.2. The van der Waals surface area contributed by atoms with E-state index in [2.05, 4.69) is 22.9 Å². The fourth-order valence-electron chi connectivity index (χ4n) is 0.356. The standard InChI is InChI=1S/C7H12O3/c1-3-5-8-6-7-10-9-4-2/h3-4H,1-2,5-7H2. The monoisotopic (exact) mass is 144 g/mol. The first-order chi connectivity index (χ1) is 4.91. The second-order valence-corrected chi connectivity index (χ2v) is 1.45. The summed E-state index contributed by atoms with van der Waals surface area (Å²) in [5, 5.41) is 0. The molecule has 0 atom stereocenters. The maximum atomic E-state index is 4.97. The minimum Gasteiger partial charge on any atom is -0.375 e. The molecule has 0 radical (unpaired) electrons. The molecule has 0 unspecified atom stereocenters. The average molecular weight is 144 g/mol. The van der Waals surface area contributed by atoms with Gasteiger partial charge in [-0.2, -0.15) is 4.89 Å². The summed E-state index contributed by atoms with van der Waals surface area (Å²) < 4.78 is 4.97. The molecule has 10 heavy (non-hydrogen) atoms. The zero-order valence-electron chi connectivity index (χ0n) is 5.91. The Kier molecular flexibility index (Phi) is 7.54. The molecule has 0 aliphatic rings. The van der Waals surface area contributed by atoms with E-state index in [4.69, 9.17) is 4.74 Å². The second-order valence-electron chi connectivity index (χ2n) is 1.45. The SMILES string of the molecule is C=CCOCCOOC=C. The van der Waals surface area contributed by atoms with Crippen LogP contribution in [0.5, 0.6) is 0 Å². The van der Waals surface area contributed by atoms with Crippen molar-refractivity contribution in [2.45, 2.75) is 0 Å². The van der Waals surface area contributed by atoms with Gasteiger partial charge in [-0.1, -0.05) is 12.7 Å². The van der Waals surface area contributed by atoms with Crippen molar-refractivity contribution in [1.29, 1.82) is 0 Å². The Balaban J connectivity index is 2.76. The Labute approximate surface area is 60.8 Å². The van der Waals surface area contributed by atoms with Crippen LogP contribution in [0.1, 0.15) is 0 Å². The first kappa shape index (κ1) is 9.20. The van der Waals surface area contributed by atoms with Crippen LogP contribution in [0.2, 0.25) is 0 Å². The molecule has 0 aliphatic carbocycles. The van der Waals surface area contributed by atoms with Crippen LogP contribution in [0.15, 0.2) is 25.5 Å². The number of ether oxygens (including phenoxy) is 1. The highest BCUT2D eigenvalue weighted by molar-refractivity contribution is 4.63. The van der Waals surface area contributed by atoms with Crippen LogP contribution in [-0.4, -0.2) is 19.8 Å². The predicted octanol–water partition coefficient (Wildman–Crippen LogP) is 1.28. The topological polar surface area (TPSA) is 27.7 Å².